The largest absolute Gasteiger partial charge is 0.493 e. The molecule has 0 unspecified atom stereocenters. The number of benzene rings is 1. The number of rotatable bonds is 6. The Morgan fingerprint density at radius 2 is 1.91 bits per heavy atom. The van der Waals surface area contributed by atoms with Crippen molar-refractivity contribution in [3.8, 4) is 11.5 Å². The van der Waals surface area contributed by atoms with Gasteiger partial charge in [0.15, 0.2) is 11.5 Å². The fourth-order valence-corrected chi connectivity index (χ4v) is 2.40. The first-order valence-electron chi connectivity index (χ1n) is 7.37. The molecule has 6 nitrogen and oxygen atoms in total. The van der Waals surface area contributed by atoms with E-state index in [0.29, 0.717) is 23.6 Å². The van der Waals surface area contributed by atoms with Gasteiger partial charge in [-0.25, -0.2) is 4.79 Å². The zero-order valence-corrected chi connectivity index (χ0v) is 13.3. The molecule has 1 aliphatic rings. The predicted molar refractivity (Wildman–Crippen MR) is 81.7 cm³/mol. The molecule has 0 amide bonds. The maximum Gasteiger partial charge on any atom is 0.338 e. The van der Waals surface area contributed by atoms with Gasteiger partial charge in [0.25, 0.3) is 0 Å². The van der Waals surface area contributed by atoms with Crippen LogP contribution in [0, 0.1) is 0 Å². The van der Waals surface area contributed by atoms with E-state index >= 15 is 0 Å². The van der Waals surface area contributed by atoms with Gasteiger partial charge in [0.1, 0.15) is 6.10 Å². The van der Waals surface area contributed by atoms with Crippen LogP contribution in [0.2, 0.25) is 0 Å². The Morgan fingerprint density at radius 1 is 1.23 bits per heavy atom. The van der Waals surface area contributed by atoms with Crippen molar-refractivity contribution in [1.29, 1.82) is 0 Å². The van der Waals surface area contributed by atoms with Crippen molar-refractivity contribution in [2.45, 2.75) is 13.0 Å². The van der Waals surface area contributed by atoms with Crippen LogP contribution in [0.25, 0.3) is 0 Å². The van der Waals surface area contributed by atoms with Crippen molar-refractivity contribution in [2.75, 3.05) is 47.1 Å². The summed E-state index contributed by atoms with van der Waals surface area (Å²) in [4.78, 5) is 14.4. The van der Waals surface area contributed by atoms with Gasteiger partial charge < -0.3 is 18.9 Å². The molecular weight excluding hydrogens is 286 g/mol. The van der Waals surface area contributed by atoms with E-state index in [0.717, 1.165) is 26.3 Å². The highest BCUT2D eigenvalue weighted by Crippen LogP contribution is 2.27. The molecule has 1 fully saturated rings. The van der Waals surface area contributed by atoms with E-state index in [1.807, 2.05) is 6.92 Å². The van der Waals surface area contributed by atoms with Crippen molar-refractivity contribution >= 4 is 5.97 Å². The lowest BCUT2D eigenvalue weighted by Crippen LogP contribution is -2.41. The van der Waals surface area contributed by atoms with E-state index in [1.165, 1.54) is 7.11 Å². The van der Waals surface area contributed by atoms with Crippen LogP contribution in [0.3, 0.4) is 0 Å². The molecule has 6 heteroatoms. The van der Waals surface area contributed by atoms with Crippen LogP contribution in [0.4, 0.5) is 0 Å². The number of methoxy groups -OCH3 is 2. The topological polar surface area (TPSA) is 57.2 Å². The summed E-state index contributed by atoms with van der Waals surface area (Å²) < 4.78 is 21.2. The van der Waals surface area contributed by atoms with E-state index in [-0.39, 0.29) is 12.1 Å². The van der Waals surface area contributed by atoms with Crippen LogP contribution in [-0.2, 0) is 9.47 Å². The van der Waals surface area contributed by atoms with Crippen molar-refractivity contribution < 1.29 is 23.7 Å². The first-order chi connectivity index (χ1) is 10.6. The maximum atomic E-state index is 12.2. The number of nitrogens with zero attached hydrogens (tertiary/aromatic N) is 1. The quantitative estimate of drug-likeness (QED) is 0.744. The number of hydrogen-bond acceptors (Lipinski definition) is 6. The van der Waals surface area contributed by atoms with Gasteiger partial charge >= 0.3 is 5.97 Å². The van der Waals surface area contributed by atoms with E-state index in [2.05, 4.69) is 4.90 Å². The fraction of sp³-hybridized carbons (Fsp3) is 0.562. The smallest absolute Gasteiger partial charge is 0.338 e. The lowest BCUT2D eigenvalue weighted by molar-refractivity contribution is 0.000428. The average molecular weight is 309 g/mol. The molecule has 2 rings (SSSR count). The van der Waals surface area contributed by atoms with Gasteiger partial charge in [-0.05, 0) is 25.1 Å². The molecule has 1 atom stereocenters. The lowest BCUT2D eigenvalue weighted by Gasteiger charge is -2.28. The number of ether oxygens (including phenoxy) is 4. The molecule has 1 aromatic carbocycles. The zero-order chi connectivity index (χ0) is 15.9. The van der Waals surface area contributed by atoms with Crippen molar-refractivity contribution in [3.63, 3.8) is 0 Å². The van der Waals surface area contributed by atoms with Crippen LogP contribution in [-0.4, -0.2) is 64.0 Å². The van der Waals surface area contributed by atoms with Crippen LogP contribution < -0.4 is 9.47 Å². The van der Waals surface area contributed by atoms with Gasteiger partial charge in [0, 0.05) is 19.6 Å². The van der Waals surface area contributed by atoms with Gasteiger partial charge in [0.05, 0.1) is 33.0 Å². The summed E-state index contributed by atoms with van der Waals surface area (Å²) in [5.74, 6) is 0.736. The Morgan fingerprint density at radius 3 is 2.55 bits per heavy atom. The van der Waals surface area contributed by atoms with E-state index in [9.17, 15) is 4.79 Å². The Labute approximate surface area is 130 Å². The third-order valence-electron chi connectivity index (χ3n) is 3.55. The normalized spacial score (nSPS) is 16.9. The minimum Gasteiger partial charge on any atom is -0.493 e. The monoisotopic (exact) mass is 309 g/mol. The summed E-state index contributed by atoms with van der Waals surface area (Å²) in [5.41, 5.74) is 0.450. The highest BCUT2D eigenvalue weighted by molar-refractivity contribution is 5.90. The molecule has 1 aromatic rings. The van der Waals surface area contributed by atoms with Crippen molar-refractivity contribution in [3.05, 3.63) is 23.8 Å². The first-order valence-corrected chi connectivity index (χ1v) is 7.37. The molecule has 0 aromatic heterocycles. The van der Waals surface area contributed by atoms with E-state index in [4.69, 9.17) is 18.9 Å². The third-order valence-corrected chi connectivity index (χ3v) is 3.55. The predicted octanol–water partition coefficient (Wildman–Crippen LogP) is 1.58. The van der Waals surface area contributed by atoms with E-state index in [1.54, 1.807) is 25.3 Å². The molecule has 0 spiro atoms. The molecule has 1 aliphatic heterocycles. The SMILES string of the molecule is COc1ccc(C(=O)O[C@@H](C)CN2CCOCC2)cc1OC. The Balaban J connectivity index is 1.93. The van der Waals surface area contributed by atoms with Gasteiger partial charge in [-0.3, -0.25) is 4.90 Å². The molecule has 0 saturated carbocycles. The van der Waals surface area contributed by atoms with Crippen LogP contribution in [0.1, 0.15) is 17.3 Å². The van der Waals surface area contributed by atoms with Gasteiger partial charge in [-0.2, -0.15) is 0 Å². The van der Waals surface area contributed by atoms with Crippen molar-refractivity contribution in [1.82, 2.24) is 4.90 Å². The fourth-order valence-electron chi connectivity index (χ4n) is 2.40. The summed E-state index contributed by atoms with van der Waals surface area (Å²) in [7, 11) is 3.09. The number of hydrogen-bond donors (Lipinski definition) is 0. The summed E-state index contributed by atoms with van der Waals surface area (Å²) in [6.07, 6.45) is -0.182. The Bertz CT molecular complexity index is 499. The first kappa shape index (κ1) is 16.6. The minimum atomic E-state index is -0.360. The van der Waals surface area contributed by atoms with Gasteiger partial charge in [-0.1, -0.05) is 0 Å². The second-order valence-corrected chi connectivity index (χ2v) is 5.20. The highest BCUT2D eigenvalue weighted by Gasteiger charge is 2.18. The van der Waals surface area contributed by atoms with Gasteiger partial charge in [0.2, 0.25) is 0 Å². The van der Waals surface area contributed by atoms with E-state index < -0.39 is 0 Å². The standard InChI is InChI=1S/C16H23NO5/c1-12(11-17-6-8-21-9-7-17)22-16(18)13-4-5-14(19-2)15(10-13)20-3/h4-5,10,12H,6-9,11H2,1-3H3/t12-/m0/s1. The summed E-state index contributed by atoms with van der Waals surface area (Å²) in [6, 6.07) is 5.00. The maximum absolute atomic E-state index is 12.2. The number of esters is 1. The van der Waals surface area contributed by atoms with Crippen LogP contribution in [0.5, 0.6) is 11.5 Å². The Kier molecular flexibility index (Phi) is 6.03. The molecule has 1 saturated heterocycles. The summed E-state index contributed by atoms with van der Waals surface area (Å²) in [6.45, 7) is 5.82. The molecule has 22 heavy (non-hydrogen) atoms. The highest BCUT2D eigenvalue weighted by atomic mass is 16.5. The molecule has 0 bridgehead atoms. The molecule has 1 heterocycles. The third kappa shape index (κ3) is 4.35. The summed E-state index contributed by atoms with van der Waals surface area (Å²) in [5, 5.41) is 0. The second-order valence-electron chi connectivity index (χ2n) is 5.20. The molecule has 122 valence electrons. The molecular formula is C16H23NO5. The molecule has 0 N–H and O–H groups in total. The Hall–Kier alpha value is -1.79. The average Bonchev–Trinajstić information content (AvgIpc) is 2.54. The minimum absolute atomic E-state index is 0.182. The van der Waals surface area contributed by atoms with Crippen molar-refractivity contribution in [2.24, 2.45) is 0 Å². The lowest BCUT2D eigenvalue weighted by atomic mass is 10.2. The van der Waals surface area contributed by atoms with Crippen LogP contribution in [0.15, 0.2) is 18.2 Å². The number of carbonyl (C=O) groups is 1. The second kappa shape index (κ2) is 8.00. The number of carbonyl (C=O) groups excluding carboxylic acids is 1. The number of morpholine rings is 1. The zero-order valence-electron chi connectivity index (χ0n) is 13.3. The van der Waals surface area contributed by atoms with Gasteiger partial charge in [-0.15, -0.1) is 0 Å². The molecule has 0 radical (unpaired) electrons. The molecule has 0 aliphatic carbocycles. The summed E-state index contributed by atoms with van der Waals surface area (Å²) >= 11 is 0. The van der Waals surface area contributed by atoms with Crippen LogP contribution >= 0.6 is 0 Å².